The van der Waals surface area contributed by atoms with E-state index in [9.17, 15) is 4.79 Å². The Labute approximate surface area is 125 Å². The van der Waals surface area contributed by atoms with Crippen molar-refractivity contribution in [3.8, 4) is 0 Å². The van der Waals surface area contributed by atoms with Gasteiger partial charge in [-0.05, 0) is 36.8 Å². The van der Waals surface area contributed by atoms with Crippen LogP contribution in [0.15, 0.2) is 53.3 Å². The van der Waals surface area contributed by atoms with Gasteiger partial charge in [-0.2, -0.15) is 0 Å². The van der Waals surface area contributed by atoms with Gasteiger partial charge < -0.3 is 9.32 Å². The topological polar surface area (TPSA) is 46.3 Å². The minimum atomic E-state index is 0.00387. The van der Waals surface area contributed by atoms with Gasteiger partial charge in [-0.25, -0.2) is 0 Å². The maximum absolute atomic E-state index is 12.2. The summed E-state index contributed by atoms with van der Waals surface area (Å²) in [7, 11) is 0. The number of hydrogen-bond donors (Lipinski definition) is 0. The van der Waals surface area contributed by atoms with Gasteiger partial charge in [-0.15, -0.1) is 0 Å². The van der Waals surface area contributed by atoms with Crippen LogP contribution in [0.25, 0.3) is 6.08 Å². The lowest BCUT2D eigenvalue weighted by Gasteiger charge is -2.20. The SMILES string of the molecule is CCCN(CCc1ccccn1)C(=O)C=Cc1ccco1. The third-order valence-electron chi connectivity index (χ3n) is 3.10. The monoisotopic (exact) mass is 284 g/mol. The van der Waals surface area contributed by atoms with Gasteiger partial charge in [-0.1, -0.05) is 13.0 Å². The number of carbonyl (C=O) groups excluding carboxylic acids is 1. The van der Waals surface area contributed by atoms with Crippen LogP contribution in [-0.4, -0.2) is 28.9 Å². The number of rotatable bonds is 7. The molecule has 0 aromatic carbocycles. The molecule has 1 amide bonds. The molecule has 0 aliphatic carbocycles. The van der Waals surface area contributed by atoms with E-state index < -0.39 is 0 Å². The number of aromatic nitrogens is 1. The molecule has 0 unspecified atom stereocenters. The zero-order valence-corrected chi connectivity index (χ0v) is 12.2. The Kier molecular flexibility index (Phi) is 5.76. The summed E-state index contributed by atoms with van der Waals surface area (Å²) in [6.45, 7) is 3.48. The van der Waals surface area contributed by atoms with Gasteiger partial charge in [0.25, 0.3) is 0 Å². The fraction of sp³-hybridized carbons (Fsp3) is 0.294. The molecule has 4 heteroatoms. The molecular weight excluding hydrogens is 264 g/mol. The van der Waals surface area contributed by atoms with Crippen LogP contribution in [-0.2, 0) is 11.2 Å². The minimum Gasteiger partial charge on any atom is -0.465 e. The third-order valence-corrected chi connectivity index (χ3v) is 3.10. The molecule has 0 aliphatic rings. The first-order valence-electron chi connectivity index (χ1n) is 7.20. The van der Waals surface area contributed by atoms with Crippen molar-refractivity contribution >= 4 is 12.0 Å². The molecule has 0 bridgehead atoms. The van der Waals surface area contributed by atoms with Crippen molar-refractivity contribution in [1.29, 1.82) is 0 Å². The van der Waals surface area contributed by atoms with E-state index in [-0.39, 0.29) is 5.91 Å². The molecule has 0 N–H and O–H groups in total. The van der Waals surface area contributed by atoms with E-state index in [2.05, 4.69) is 11.9 Å². The summed E-state index contributed by atoms with van der Waals surface area (Å²) in [6.07, 6.45) is 8.33. The zero-order chi connectivity index (χ0) is 14.9. The van der Waals surface area contributed by atoms with Crippen LogP contribution in [0, 0.1) is 0 Å². The predicted molar refractivity (Wildman–Crippen MR) is 82.6 cm³/mol. The van der Waals surface area contributed by atoms with Crippen LogP contribution in [0.5, 0.6) is 0 Å². The summed E-state index contributed by atoms with van der Waals surface area (Å²) in [4.78, 5) is 18.4. The molecule has 0 saturated carbocycles. The maximum atomic E-state index is 12.2. The maximum Gasteiger partial charge on any atom is 0.246 e. The molecule has 2 aromatic rings. The average molecular weight is 284 g/mol. The van der Waals surface area contributed by atoms with Crippen molar-refractivity contribution in [2.75, 3.05) is 13.1 Å². The Morgan fingerprint density at radius 1 is 1.29 bits per heavy atom. The number of hydrogen-bond acceptors (Lipinski definition) is 3. The number of amides is 1. The number of pyridine rings is 1. The predicted octanol–water partition coefficient (Wildman–Crippen LogP) is 3.17. The van der Waals surface area contributed by atoms with Crippen molar-refractivity contribution in [2.24, 2.45) is 0 Å². The van der Waals surface area contributed by atoms with Gasteiger partial charge in [0.15, 0.2) is 0 Å². The molecule has 0 aliphatic heterocycles. The molecule has 2 aromatic heterocycles. The number of nitrogens with zero attached hydrogens (tertiary/aromatic N) is 2. The Balaban J connectivity index is 1.92. The normalized spacial score (nSPS) is 10.9. The smallest absolute Gasteiger partial charge is 0.246 e. The Bertz CT molecular complexity index is 562. The van der Waals surface area contributed by atoms with Crippen molar-refractivity contribution in [1.82, 2.24) is 9.88 Å². The van der Waals surface area contributed by atoms with Crippen LogP contribution in [0.1, 0.15) is 24.8 Å². The van der Waals surface area contributed by atoms with Crippen LogP contribution in [0.3, 0.4) is 0 Å². The minimum absolute atomic E-state index is 0.00387. The second-order valence-electron chi connectivity index (χ2n) is 4.75. The molecular formula is C17H20N2O2. The van der Waals surface area contributed by atoms with Crippen molar-refractivity contribution in [2.45, 2.75) is 19.8 Å². The van der Waals surface area contributed by atoms with E-state index in [0.29, 0.717) is 12.3 Å². The fourth-order valence-corrected chi connectivity index (χ4v) is 2.04. The van der Waals surface area contributed by atoms with Crippen molar-refractivity contribution in [3.05, 3.63) is 60.3 Å². The first kappa shape index (κ1) is 15.0. The molecule has 21 heavy (non-hydrogen) atoms. The second-order valence-corrected chi connectivity index (χ2v) is 4.75. The number of carbonyl (C=O) groups is 1. The van der Waals surface area contributed by atoms with E-state index in [1.54, 1.807) is 30.7 Å². The van der Waals surface area contributed by atoms with Crippen LogP contribution < -0.4 is 0 Å². The zero-order valence-electron chi connectivity index (χ0n) is 12.2. The summed E-state index contributed by atoms with van der Waals surface area (Å²) in [5, 5.41) is 0. The lowest BCUT2D eigenvalue weighted by atomic mass is 10.2. The lowest BCUT2D eigenvalue weighted by molar-refractivity contribution is -0.126. The van der Waals surface area contributed by atoms with E-state index in [4.69, 9.17) is 4.42 Å². The summed E-state index contributed by atoms with van der Waals surface area (Å²) >= 11 is 0. The van der Waals surface area contributed by atoms with E-state index in [1.807, 2.05) is 29.2 Å². The largest absolute Gasteiger partial charge is 0.465 e. The average Bonchev–Trinajstić information content (AvgIpc) is 3.03. The highest BCUT2D eigenvalue weighted by Crippen LogP contribution is 2.05. The van der Waals surface area contributed by atoms with Crippen molar-refractivity contribution in [3.63, 3.8) is 0 Å². The third kappa shape index (κ3) is 4.91. The van der Waals surface area contributed by atoms with E-state index in [1.165, 1.54) is 0 Å². The summed E-state index contributed by atoms with van der Waals surface area (Å²) in [5.74, 6) is 0.689. The number of furan rings is 1. The first-order chi connectivity index (χ1) is 10.3. The standard InChI is InChI=1S/C17H20N2O2/c1-2-12-19(13-10-15-6-3-4-11-18-15)17(20)9-8-16-7-5-14-21-16/h3-9,11,14H,2,10,12-13H2,1H3. The summed E-state index contributed by atoms with van der Waals surface area (Å²) in [6, 6.07) is 9.46. The highest BCUT2D eigenvalue weighted by Gasteiger charge is 2.10. The van der Waals surface area contributed by atoms with Gasteiger partial charge in [0.1, 0.15) is 5.76 Å². The molecule has 0 atom stereocenters. The lowest BCUT2D eigenvalue weighted by Crippen LogP contribution is -2.32. The van der Waals surface area contributed by atoms with Gasteiger partial charge in [0.2, 0.25) is 5.91 Å². The van der Waals surface area contributed by atoms with Crippen LogP contribution in [0.4, 0.5) is 0 Å². The molecule has 4 nitrogen and oxygen atoms in total. The van der Waals surface area contributed by atoms with E-state index >= 15 is 0 Å². The Morgan fingerprint density at radius 2 is 2.19 bits per heavy atom. The van der Waals surface area contributed by atoms with Gasteiger partial charge in [0, 0.05) is 37.5 Å². The highest BCUT2D eigenvalue weighted by molar-refractivity contribution is 5.91. The second kappa shape index (κ2) is 8.04. The highest BCUT2D eigenvalue weighted by atomic mass is 16.3. The molecule has 0 radical (unpaired) electrons. The molecule has 0 saturated heterocycles. The molecule has 2 heterocycles. The Morgan fingerprint density at radius 3 is 2.86 bits per heavy atom. The van der Waals surface area contributed by atoms with Crippen LogP contribution in [0.2, 0.25) is 0 Å². The van der Waals surface area contributed by atoms with Gasteiger partial charge in [-0.3, -0.25) is 9.78 Å². The Hall–Kier alpha value is -2.36. The van der Waals surface area contributed by atoms with Crippen LogP contribution >= 0.6 is 0 Å². The van der Waals surface area contributed by atoms with E-state index in [0.717, 1.165) is 25.1 Å². The quantitative estimate of drug-likeness (QED) is 0.734. The fourth-order valence-electron chi connectivity index (χ4n) is 2.04. The van der Waals surface area contributed by atoms with Gasteiger partial charge >= 0.3 is 0 Å². The molecule has 0 spiro atoms. The molecule has 0 fully saturated rings. The molecule has 2 rings (SSSR count). The summed E-state index contributed by atoms with van der Waals surface area (Å²) < 4.78 is 5.19. The molecule has 110 valence electrons. The van der Waals surface area contributed by atoms with Gasteiger partial charge in [0.05, 0.1) is 6.26 Å². The first-order valence-corrected chi connectivity index (χ1v) is 7.20. The summed E-state index contributed by atoms with van der Waals surface area (Å²) in [5.41, 5.74) is 1.00. The van der Waals surface area contributed by atoms with Crippen molar-refractivity contribution < 1.29 is 9.21 Å².